The van der Waals surface area contributed by atoms with Gasteiger partial charge in [-0.25, -0.2) is 9.13 Å². The van der Waals surface area contributed by atoms with Gasteiger partial charge >= 0.3 is 0 Å². The largest absolute Gasteiger partial charge is 0.381 e. The van der Waals surface area contributed by atoms with E-state index in [0.717, 1.165) is 52.4 Å². The molecule has 0 radical (unpaired) electrons. The average molecular weight is 354 g/mol. The number of hydrogen-bond donors (Lipinski definition) is 0. The van der Waals surface area contributed by atoms with E-state index in [0.29, 0.717) is 0 Å². The molecule has 146 valence electrons. The van der Waals surface area contributed by atoms with Crippen LogP contribution in [0.3, 0.4) is 0 Å². The van der Waals surface area contributed by atoms with Crippen LogP contribution in [0.4, 0.5) is 0 Å². The molecular formula is C21H41N2O2+. The molecule has 0 atom stereocenters. The second-order valence-corrected chi connectivity index (χ2v) is 6.94. The summed E-state index contributed by atoms with van der Waals surface area (Å²) in [6.45, 7) is 10.3. The minimum Gasteiger partial charge on any atom is -0.381 e. The van der Waals surface area contributed by atoms with Crippen LogP contribution in [0.25, 0.3) is 0 Å². The van der Waals surface area contributed by atoms with Crippen LogP contribution in [0.5, 0.6) is 0 Å². The van der Waals surface area contributed by atoms with E-state index in [1.807, 2.05) is 0 Å². The molecule has 0 amide bonds. The maximum atomic E-state index is 5.51. The number of rotatable bonds is 18. The monoisotopic (exact) mass is 353 g/mol. The van der Waals surface area contributed by atoms with Gasteiger partial charge in [0.1, 0.15) is 12.4 Å². The van der Waals surface area contributed by atoms with Crippen molar-refractivity contribution in [3.63, 3.8) is 0 Å². The van der Waals surface area contributed by atoms with Crippen LogP contribution in [0.15, 0.2) is 18.7 Å². The molecule has 1 aromatic heterocycles. The molecule has 0 saturated heterocycles. The molecule has 0 aliphatic carbocycles. The normalized spacial score (nSPS) is 11.3. The van der Waals surface area contributed by atoms with E-state index < -0.39 is 0 Å². The molecule has 0 aliphatic heterocycles. The number of aryl methyl sites for hydroxylation is 2. The first-order valence-corrected chi connectivity index (χ1v) is 10.6. The Morgan fingerprint density at radius 3 is 1.96 bits per heavy atom. The third-order valence-electron chi connectivity index (χ3n) is 4.35. The van der Waals surface area contributed by atoms with Gasteiger partial charge in [0.15, 0.2) is 0 Å². The second kappa shape index (κ2) is 16.6. The van der Waals surface area contributed by atoms with Crippen molar-refractivity contribution in [2.45, 2.75) is 91.1 Å². The maximum Gasteiger partial charge on any atom is 0.243 e. The Labute approximate surface area is 155 Å². The lowest BCUT2D eigenvalue weighted by Gasteiger charge is -2.02. The Kier molecular flexibility index (Phi) is 14.7. The molecule has 0 fully saturated rings. The summed E-state index contributed by atoms with van der Waals surface area (Å²) in [5.41, 5.74) is 0. The third kappa shape index (κ3) is 13.1. The summed E-state index contributed by atoms with van der Waals surface area (Å²) < 4.78 is 15.7. The minimum atomic E-state index is 0.913. The zero-order valence-corrected chi connectivity index (χ0v) is 16.8. The van der Waals surface area contributed by atoms with Crippen LogP contribution in [-0.4, -0.2) is 31.0 Å². The number of unbranched alkanes of at least 4 members (excludes halogenated alkanes) is 6. The summed E-state index contributed by atoms with van der Waals surface area (Å²) in [6.07, 6.45) is 19.0. The summed E-state index contributed by atoms with van der Waals surface area (Å²) in [5.74, 6) is 0. The Bertz CT molecular complexity index is 359. The van der Waals surface area contributed by atoms with Gasteiger partial charge in [-0.1, -0.05) is 26.7 Å². The number of hydrogen-bond acceptors (Lipinski definition) is 2. The Morgan fingerprint density at radius 1 is 0.720 bits per heavy atom. The van der Waals surface area contributed by atoms with Crippen molar-refractivity contribution in [2.75, 3.05) is 26.4 Å². The molecule has 4 nitrogen and oxygen atoms in total. The van der Waals surface area contributed by atoms with Crippen molar-refractivity contribution in [2.24, 2.45) is 0 Å². The predicted octanol–water partition coefficient (Wildman–Crippen LogP) is 4.75. The number of ether oxygens (including phenoxy) is 2. The smallest absolute Gasteiger partial charge is 0.243 e. The van der Waals surface area contributed by atoms with Crippen LogP contribution in [0.2, 0.25) is 0 Å². The fourth-order valence-corrected chi connectivity index (χ4v) is 2.90. The van der Waals surface area contributed by atoms with Crippen molar-refractivity contribution < 1.29 is 14.0 Å². The lowest BCUT2D eigenvalue weighted by Crippen LogP contribution is -2.30. The second-order valence-electron chi connectivity index (χ2n) is 6.94. The van der Waals surface area contributed by atoms with Gasteiger partial charge in [0.2, 0.25) is 6.33 Å². The lowest BCUT2D eigenvalue weighted by atomic mass is 10.2. The number of aromatic nitrogens is 2. The van der Waals surface area contributed by atoms with Gasteiger partial charge in [0, 0.05) is 26.4 Å². The summed E-state index contributed by atoms with van der Waals surface area (Å²) in [5, 5.41) is 0. The van der Waals surface area contributed by atoms with Crippen LogP contribution in [0.1, 0.15) is 78.1 Å². The molecule has 0 bridgehead atoms. The highest BCUT2D eigenvalue weighted by atomic mass is 16.5. The quantitative estimate of drug-likeness (QED) is 0.281. The molecule has 0 saturated carbocycles. The number of imidazole rings is 1. The summed E-state index contributed by atoms with van der Waals surface area (Å²) in [6, 6.07) is 0. The summed E-state index contributed by atoms with van der Waals surface area (Å²) >= 11 is 0. The van der Waals surface area contributed by atoms with Crippen LogP contribution >= 0.6 is 0 Å². The van der Waals surface area contributed by atoms with Crippen LogP contribution in [-0.2, 0) is 22.6 Å². The average Bonchev–Trinajstić information content (AvgIpc) is 3.07. The van der Waals surface area contributed by atoms with E-state index in [9.17, 15) is 0 Å². The molecule has 0 aromatic carbocycles. The molecule has 1 rings (SSSR count). The Balaban J connectivity index is 1.93. The van der Waals surface area contributed by atoms with Crippen LogP contribution < -0.4 is 4.57 Å². The van der Waals surface area contributed by atoms with Crippen molar-refractivity contribution in [1.29, 1.82) is 0 Å². The maximum absolute atomic E-state index is 5.51. The fraction of sp³-hybridized carbons (Fsp3) is 0.857. The van der Waals surface area contributed by atoms with Crippen molar-refractivity contribution in [3.05, 3.63) is 18.7 Å². The minimum absolute atomic E-state index is 0.913. The molecule has 1 aromatic rings. The van der Waals surface area contributed by atoms with E-state index in [2.05, 4.69) is 41.7 Å². The van der Waals surface area contributed by atoms with E-state index >= 15 is 0 Å². The standard InChI is InChI=1S/C21H41N2O2/c1-3-17-24-19-11-7-5-9-13-22-15-16-23(21-22)14-10-6-8-12-20-25-18-4-2/h15-16,21H,3-14,17-20H2,1-2H3/q+1. The van der Waals surface area contributed by atoms with Crippen molar-refractivity contribution >= 4 is 0 Å². The van der Waals surface area contributed by atoms with Crippen molar-refractivity contribution in [1.82, 2.24) is 4.57 Å². The third-order valence-corrected chi connectivity index (χ3v) is 4.35. The molecule has 4 heteroatoms. The molecule has 0 aliphatic rings. The lowest BCUT2D eigenvalue weighted by molar-refractivity contribution is -0.696. The molecule has 0 spiro atoms. The van der Waals surface area contributed by atoms with Crippen molar-refractivity contribution in [3.8, 4) is 0 Å². The first-order chi connectivity index (χ1) is 12.4. The van der Waals surface area contributed by atoms with E-state index in [1.54, 1.807) is 0 Å². The SMILES string of the molecule is CCCOCCCCCCn1cc[n+](CCCCCCOCCC)c1. The zero-order valence-electron chi connectivity index (χ0n) is 16.8. The number of nitrogens with zero attached hydrogens (tertiary/aromatic N) is 2. The Morgan fingerprint density at radius 2 is 1.32 bits per heavy atom. The Hall–Kier alpha value is -0.870. The fourth-order valence-electron chi connectivity index (χ4n) is 2.90. The van der Waals surface area contributed by atoms with Gasteiger partial charge in [0.05, 0.1) is 13.1 Å². The highest BCUT2D eigenvalue weighted by Gasteiger charge is 2.03. The molecular weight excluding hydrogens is 312 g/mol. The van der Waals surface area contributed by atoms with Crippen LogP contribution in [0, 0.1) is 0 Å². The predicted molar refractivity (Wildman–Crippen MR) is 104 cm³/mol. The van der Waals surface area contributed by atoms with Gasteiger partial charge in [-0.05, 0) is 51.4 Å². The van der Waals surface area contributed by atoms with Gasteiger partial charge in [0.25, 0.3) is 0 Å². The van der Waals surface area contributed by atoms with E-state index in [1.165, 1.54) is 51.4 Å². The first kappa shape index (κ1) is 22.2. The van der Waals surface area contributed by atoms with E-state index in [-0.39, 0.29) is 0 Å². The zero-order chi connectivity index (χ0) is 18.0. The highest BCUT2D eigenvalue weighted by Crippen LogP contribution is 2.03. The van der Waals surface area contributed by atoms with Gasteiger partial charge in [-0.15, -0.1) is 0 Å². The summed E-state index contributed by atoms with van der Waals surface area (Å²) in [4.78, 5) is 0. The van der Waals surface area contributed by atoms with E-state index in [4.69, 9.17) is 9.47 Å². The highest BCUT2D eigenvalue weighted by molar-refractivity contribution is 4.66. The molecule has 0 unspecified atom stereocenters. The summed E-state index contributed by atoms with van der Waals surface area (Å²) in [7, 11) is 0. The molecule has 25 heavy (non-hydrogen) atoms. The van der Waals surface area contributed by atoms with Gasteiger partial charge in [-0.2, -0.15) is 0 Å². The van der Waals surface area contributed by atoms with Gasteiger partial charge in [-0.3, -0.25) is 0 Å². The first-order valence-electron chi connectivity index (χ1n) is 10.6. The topological polar surface area (TPSA) is 27.3 Å². The molecule has 1 heterocycles. The van der Waals surface area contributed by atoms with Gasteiger partial charge < -0.3 is 9.47 Å². The molecule has 0 N–H and O–H groups in total.